The Morgan fingerprint density at radius 1 is 0.917 bits per heavy atom. The summed E-state index contributed by atoms with van der Waals surface area (Å²) >= 11 is 0. The minimum atomic E-state index is -3.37. The van der Waals surface area contributed by atoms with Gasteiger partial charge in [-0.3, -0.25) is 9.13 Å². The van der Waals surface area contributed by atoms with Crippen molar-refractivity contribution in [2.45, 2.75) is 53.4 Å². The molecule has 0 bridgehead atoms. The van der Waals surface area contributed by atoms with E-state index >= 15 is 0 Å². The molecular weight excluding hydrogens is 350 g/mol. The van der Waals surface area contributed by atoms with Gasteiger partial charge in [0, 0.05) is 11.2 Å². The maximum atomic E-state index is 13.2. The molecule has 0 saturated carbocycles. The van der Waals surface area contributed by atoms with Gasteiger partial charge in [-0.05, 0) is 47.0 Å². The molecule has 142 valence electrons. The van der Waals surface area contributed by atoms with E-state index in [1.807, 2.05) is 6.08 Å². The smallest absolute Gasteiger partial charge is 0.309 e. The van der Waals surface area contributed by atoms with Crippen LogP contribution in [-0.2, 0) is 27.2 Å². The second-order valence-electron chi connectivity index (χ2n) is 5.57. The maximum Gasteiger partial charge on any atom is 0.357 e. The molecule has 1 rings (SSSR count). The number of hydrogen-bond donors (Lipinski definition) is 0. The molecule has 1 aliphatic rings. The monoisotopic (exact) mass is 382 g/mol. The van der Waals surface area contributed by atoms with Gasteiger partial charge < -0.3 is 18.1 Å². The largest absolute Gasteiger partial charge is 0.357 e. The van der Waals surface area contributed by atoms with Crippen LogP contribution in [0.4, 0.5) is 0 Å². The van der Waals surface area contributed by atoms with E-state index in [1.54, 1.807) is 27.7 Å². The van der Waals surface area contributed by atoms with Gasteiger partial charge >= 0.3 is 15.2 Å². The molecule has 0 aromatic carbocycles. The van der Waals surface area contributed by atoms with Crippen LogP contribution in [-0.4, -0.2) is 32.6 Å². The summed E-state index contributed by atoms with van der Waals surface area (Å²) in [5.41, 5.74) is 0. The first-order chi connectivity index (χ1) is 11.4. The quantitative estimate of drug-likeness (QED) is 0.434. The summed E-state index contributed by atoms with van der Waals surface area (Å²) in [6, 6.07) is 0. The van der Waals surface area contributed by atoms with Crippen LogP contribution in [0.25, 0.3) is 0 Å². The molecule has 0 fully saturated rings. The lowest BCUT2D eigenvalue weighted by Crippen LogP contribution is -2.15. The average molecular weight is 382 g/mol. The van der Waals surface area contributed by atoms with Gasteiger partial charge in [-0.25, -0.2) is 0 Å². The third kappa shape index (κ3) is 6.40. The van der Waals surface area contributed by atoms with Crippen LogP contribution < -0.4 is 0 Å². The van der Waals surface area contributed by atoms with Gasteiger partial charge in [0.15, 0.2) is 0 Å². The fraction of sp³-hybridized carbons (Fsp3) is 0.875. The van der Waals surface area contributed by atoms with Gasteiger partial charge in [-0.1, -0.05) is 12.5 Å². The Hall–Kier alpha value is 0.0400. The zero-order valence-electron chi connectivity index (χ0n) is 15.4. The fourth-order valence-corrected chi connectivity index (χ4v) is 7.16. The lowest BCUT2D eigenvalue weighted by atomic mass is 10.1. The molecule has 1 atom stereocenters. The second kappa shape index (κ2) is 10.9. The predicted octanol–water partition coefficient (Wildman–Crippen LogP) is 5.59. The van der Waals surface area contributed by atoms with Crippen molar-refractivity contribution in [3.8, 4) is 0 Å². The molecule has 8 heteroatoms. The van der Waals surface area contributed by atoms with Crippen molar-refractivity contribution in [1.82, 2.24) is 0 Å². The molecular formula is C16H32O6P2. The van der Waals surface area contributed by atoms with Crippen molar-refractivity contribution >= 4 is 15.2 Å². The number of rotatable bonds is 11. The molecule has 0 aliphatic heterocycles. The highest BCUT2D eigenvalue weighted by molar-refractivity contribution is 7.58. The molecule has 0 aromatic rings. The highest BCUT2D eigenvalue weighted by atomic mass is 31.2. The molecule has 0 saturated heterocycles. The normalized spacial score (nSPS) is 19.8. The van der Waals surface area contributed by atoms with Gasteiger partial charge in [0.25, 0.3) is 0 Å². The van der Waals surface area contributed by atoms with Gasteiger partial charge in [0.05, 0.1) is 32.6 Å². The first-order valence-corrected chi connectivity index (χ1v) is 12.2. The Labute approximate surface area is 146 Å². The summed E-state index contributed by atoms with van der Waals surface area (Å²) < 4.78 is 48.1. The van der Waals surface area contributed by atoms with Crippen LogP contribution in [0.15, 0.2) is 11.4 Å². The fourth-order valence-electron chi connectivity index (χ4n) is 2.95. The van der Waals surface area contributed by atoms with E-state index in [0.717, 1.165) is 25.7 Å². The summed E-state index contributed by atoms with van der Waals surface area (Å²) in [7, 11) is -6.60. The van der Waals surface area contributed by atoms with Crippen LogP contribution in [0.5, 0.6) is 0 Å². The third-order valence-electron chi connectivity index (χ3n) is 3.79. The topological polar surface area (TPSA) is 71.1 Å². The van der Waals surface area contributed by atoms with E-state index < -0.39 is 15.2 Å². The molecule has 0 heterocycles. The maximum absolute atomic E-state index is 13.2. The Kier molecular flexibility index (Phi) is 10.0. The first-order valence-electron chi connectivity index (χ1n) is 8.92. The minimum Gasteiger partial charge on any atom is -0.309 e. The van der Waals surface area contributed by atoms with Crippen LogP contribution in [0.2, 0.25) is 0 Å². The van der Waals surface area contributed by atoms with Crippen molar-refractivity contribution in [3.05, 3.63) is 11.4 Å². The van der Waals surface area contributed by atoms with Crippen LogP contribution >= 0.6 is 15.2 Å². The lowest BCUT2D eigenvalue weighted by molar-refractivity contribution is 0.214. The Morgan fingerprint density at radius 2 is 1.46 bits per heavy atom. The summed E-state index contributed by atoms with van der Waals surface area (Å²) in [5, 5.41) is 0.642. The van der Waals surface area contributed by atoms with Crippen LogP contribution in [0.1, 0.15) is 53.4 Å². The summed E-state index contributed by atoms with van der Waals surface area (Å²) in [6.07, 6.45) is 5.74. The Balaban J connectivity index is 3.11. The second-order valence-corrected chi connectivity index (χ2v) is 9.70. The van der Waals surface area contributed by atoms with Gasteiger partial charge in [-0.15, -0.1) is 0 Å². The van der Waals surface area contributed by atoms with Crippen molar-refractivity contribution in [3.63, 3.8) is 0 Å². The lowest BCUT2D eigenvalue weighted by Gasteiger charge is -2.28. The van der Waals surface area contributed by atoms with Gasteiger partial charge in [0.2, 0.25) is 0 Å². The molecule has 0 spiro atoms. The van der Waals surface area contributed by atoms with E-state index in [9.17, 15) is 9.13 Å². The number of allylic oxidation sites excluding steroid dienone is 2. The zero-order chi connectivity index (χ0) is 18.1. The minimum absolute atomic E-state index is 0.180. The average Bonchev–Trinajstić information content (AvgIpc) is 2.74. The summed E-state index contributed by atoms with van der Waals surface area (Å²) in [4.78, 5) is 0. The molecule has 1 unspecified atom stereocenters. The van der Waals surface area contributed by atoms with Gasteiger partial charge in [-0.2, -0.15) is 0 Å². The van der Waals surface area contributed by atoms with Crippen molar-refractivity contribution in [2.24, 2.45) is 5.92 Å². The third-order valence-corrected chi connectivity index (χ3v) is 8.36. The van der Waals surface area contributed by atoms with Crippen LogP contribution in [0.3, 0.4) is 0 Å². The molecule has 0 amide bonds. The van der Waals surface area contributed by atoms with E-state index in [1.165, 1.54) is 0 Å². The molecule has 0 N–H and O–H groups in total. The van der Waals surface area contributed by atoms with Crippen molar-refractivity contribution in [1.29, 1.82) is 0 Å². The standard InChI is InChI=1S/C16H32O6P2/c1-5-19-23(17,20-6-2)14-15-12-10-9-11-13-16(15)24(18,21-7-3)22-8-4/h13,15H,5-12,14H2,1-4H3. The Bertz CT molecular complexity index is 471. The van der Waals surface area contributed by atoms with E-state index in [2.05, 4.69) is 0 Å². The molecule has 1 aliphatic carbocycles. The first kappa shape index (κ1) is 22.1. The van der Waals surface area contributed by atoms with Gasteiger partial charge in [0.1, 0.15) is 0 Å². The molecule has 6 nitrogen and oxygen atoms in total. The summed E-state index contributed by atoms with van der Waals surface area (Å²) in [5.74, 6) is -0.180. The zero-order valence-corrected chi connectivity index (χ0v) is 17.2. The summed E-state index contributed by atoms with van der Waals surface area (Å²) in [6.45, 7) is 8.41. The van der Waals surface area contributed by atoms with E-state index in [-0.39, 0.29) is 12.1 Å². The van der Waals surface area contributed by atoms with Crippen LogP contribution in [0, 0.1) is 5.92 Å². The SMILES string of the molecule is CCOP(=O)(CC1CCCCC=C1P(=O)(OCC)OCC)OCC. The molecule has 0 aromatic heterocycles. The molecule has 24 heavy (non-hydrogen) atoms. The van der Waals surface area contributed by atoms with Crippen molar-refractivity contribution < 1.29 is 27.2 Å². The number of hydrogen-bond acceptors (Lipinski definition) is 6. The Morgan fingerprint density at radius 3 is 1.96 bits per heavy atom. The highest BCUT2D eigenvalue weighted by Gasteiger charge is 2.39. The predicted molar refractivity (Wildman–Crippen MR) is 96.6 cm³/mol. The van der Waals surface area contributed by atoms with E-state index in [4.69, 9.17) is 18.1 Å². The van der Waals surface area contributed by atoms with E-state index in [0.29, 0.717) is 31.7 Å². The van der Waals surface area contributed by atoms with Crippen molar-refractivity contribution in [2.75, 3.05) is 32.6 Å². The molecule has 0 radical (unpaired) electrons. The highest BCUT2D eigenvalue weighted by Crippen LogP contribution is 2.63.